The molecule has 1 aliphatic rings. The van der Waals surface area contributed by atoms with E-state index in [1.54, 1.807) is 27.8 Å². The summed E-state index contributed by atoms with van der Waals surface area (Å²) in [7, 11) is 0. The summed E-state index contributed by atoms with van der Waals surface area (Å²) in [6.07, 6.45) is 1.61. The number of hydrogen-bond acceptors (Lipinski definition) is 4. The molecule has 2 heterocycles. The normalized spacial score (nSPS) is 13.9. The maximum absolute atomic E-state index is 13.0. The van der Waals surface area contributed by atoms with E-state index in [-0.39, 0.29) is 18.0 Å². The van der Waals surface area contributed by atoms with Gasteiger partial charge in [-0.3, -0.25) is 14.4 Å². The van der Waals surface area contributed by atoms with Gasteiger partial charge in [-0.2, -0.15) is 0 Å². The first kappa shape index (κ1) is 20.8. The lowest BCUT2D eigenvalue weighted by Gasteiger charge is -2.27. The monoisotopic (exact) mass is 419 g/mol. The highest BCUT2D eigenvalue weighted by Gasteiger charge is 2.24. The summed E-state index contributed by atoms with van der Waals surface area (Å²) in [6, 6.07) is 12.9. The number of ether oxygens (including phenoxy) is 1. The second-order valence-corrected chi connectivity index (χ2v) is 7.71. The number of carbonyl (C=O) groups is 3. The van der Waals surface area contributed by atoms with Gasteiger partial charge in [0.2, 0.25) is 5.91 Å². The molecule has 7 nitrogen and oxygen atoms in total. The first-order chi connectivity index (χ1) is 15.0. The van der Waals surface area contributed by atoms with Crippen LogP contribution in [0.4, 0.5) is 5.69 Å². The van der Waals surface area contributed by atoms with Crippen LogP contribution < -0.4 is 5.32 Å². The van der Waals surface area contributed by atoms with Gasteiger partial charge >= 0.3 is 0 Å². The SMILES string of the molecule is Cc1cccc(NC(=O)C(=O)c2cn(CC(=O)N3CCOCC3)c3ccccc23)c1C. The van der Waals surface area contributed by atoms with Crippen LogP contribution in [-0.4, -0.2) is 53.4 Å². The Morgan fingerprint density at radius 1 is 1.00 bits per heavy atom. The van der Waals surface area contributed by atoms with Gasteiger partial charge in [-0.05, 0) is 37.1 Å². The zero-order chi connectivity index (χ0) is 22.0. The van der Waals surface area contributed by atoms with Gasteiger partial charge in [-0.1, -0.05) is 30.3 Å². The Hall–Kier alpha value is -3.45. The van der Waals surface area contributed by atoms with E-state index in [0.717, 1.165) is 16.6 Å². The summed E-state index contributed by atoms with van der Waals surface area (Å²) >= 11 is 0. The van der Waals surface area contributed by atoms with Crippen LogP contribution in [0.25, 0.3) is 10.9 Å². The van der Waals surface area contributed by atoms with E-state index in [4.69, 9.17) is 4.74 Å². The number of nitrogens with one attached hydrogen (secondary N) is 1. The van der Waals surface area contributed by atoms with Crippen molar-refractivity contribution in [1.82, 2.24) is 9.47 Å². The zero-order valence-corrected chi connectivity index (χ0v) is 17.7. The number of rotatable bonds is 5. The molecule has 7 heteroatoms. The number of benzene rings is 2. The number of hydrogen-bond donors (Lipinski definition) is 1. The molecular formula is C24H25N3O4. The Bertz CT molecular complexity index is 1160. The number of aryl methyl sites for hydroxylation is 1. The minimum Gasteiger partial charge on any atom is -0.378 e. The van der Waals surface area contributed by atoms with E-state index in [0.29, 0.717) is 37.4 Å². The molecule has 0 aliphatic carbocycles. The second kappa shape index (κ2) is 8.73. The van der Waals surface area contributed by atoms with Gasteiger partial charge in [0, 0.05) is 35.9 Å². The lowest BCUT2D eigenvalue weighted by Crippen LogP contribution is -2.42. The van der Waals surface area contributed by atoms with Crippen LogP contribution in [0, 0.1) is 13.8 Å². The van der Waals surface area contributed by atoms with Gasteiger partial charge in [0.15, 0.2) is 0 Å². The van der Waals surface area contributed by atoms with Crippen molar-refractivity contribution in [3.8, 4) is 0 Å². The highest BCUT2D eigenvalue weighted by molar-refractivity contribution is 6.48. The molecule has 160 valence electrons. The number of amides is 2. The highest BCUT2D eigenvalue weighted by Crippen LogP contribution is 2.24. The smallest absolute Gasteiger partial charge is 0.296 e. The van der Waals surface area contributed by atoms with Crippen molar-refractivity contribution in [2.75, 3.05) is 31.6 Å². The maximum atomic E-state index is 13.0. The number of fused-ring (bicyclic) bond motifs is 1. The van der Waals surface area contributed by atoms with Crippen LogP contribution >= 0.6 is 0 Å². The number of para-hydroxylation sites is 1. The molecule has 1 fully saturated rings. The lowest BCUT2D eigenvalue weighted by molar-refractivity contribution is -0.135. The zero-order valence-electron chi connectivity index (χ0n) is 17.7. The summed E-state index contributed by atoms with van der Waals surface area (Å²) < 4.78 is 7.05. The Labute approximate surface area is 180 Å². The van der Waals surface area contributed by atoms with Crippen LogP contribution in [0.3, 0.4) is 0 Å². The summed E-state index contributed by atoms with van der Waals surface area (Å²) in [5, 5.41) is 3.38. The van der Waals surface area contributed by atoms with Gasteiger partial charge in [-0.25, -0.2) is 0 Å². The molecule has 0 bridgehead atoms. The molecule has 1 N–H and O–H groups in total. The van der Waals surface area contributed by atoms with E-state index < -0.39 is 11.7 Å². The van der Waals surface area contributed by atoms with Crippen LogP contribution in [0.5, 0.6) is 0 Å². The number of ketones is 1. The number of anilines is 1. The molecule has 0 spiro atoms. The van der Waals surface area contributed by atoms with Crippen molar-refractivity contribution in [2.24, 2.45) is 0 Å². The Morgan fingerprint density at radius 2 is 1.74 bits per heavy atom. The molecule has 0 saturated carbocycles. The van der Waals surface area contributed by atoms with Gasteiger partial charge in [-0.15, -0.1) is 0 Å². The average Bonchev–Trinajstić information content (AvgIpc) is 3.15. The van der Waals surface area contributed by atoms with Crippen molar-refractivity contribution < 1.29 is 19.1 Å². The quantitative estimate of drug-likeness (QED) is 0.509. The van der Waals surface area contributed by atoms with Gasteiger partial charge in [0.1, 0.15) is 6.54 Å². The summed E-state index contributed by atoms with van der Waals surface area (Å²) in [5.74, 6) is -1.37. The third kappa shape index (κ3) is 4.22. The average molecular weight is 419 g/mol. The number of Topliss-reactive ketones (excluding diaryl/α,β-unsaturated/α-hetero) is 1. The van der Waals surface area contributed by atoms with E-state index in [2.05, 4.69) is 5.32 Å². The molecule has 4 rings (SSSR count). The minimum atomic E-state index is -0.698. The molecule has 1 aromatic heterocycles. The van der Waals surface area contributed by atoms with E-state index in [9.17, 15) is 14.4 Å². The molecule has 0 unspecified atom stereocenters. The van der Waals surface area contributed by atoms with E-state index >= 15 is 0 Å². The Morgan fingerprint density at radius 3 is 2.52 bits per heavy atom. The molecule has 3 aromatic rings. The van der Waals surface area contributed by atoms with Crippen LogP contribution in [0.2, 0.25) is 0 Å². The number of carbonyl (C=O) groups excluding carboxylic acids is 3. The lowest BCUT2D eigenvalue weighted by atomic mass is 10.1. The predicted molar refractivity (Wildman–Crippen MR) is 118 cm³/mol. The van der Waals surface area contributed by atoms with Crippen LogP contribution in [0.1, 0.15) is 21.5 Å². The molecule has 2 aromatic carbocycles. The van der Waals surface area contributed by atoms with Crippen molar-refractivity contribution in [3.05, 3.63) is 65.4 Å². The minimum absolute atomic E-state index is 0.0390. The third-order valence-corrected chi connectivity index (χ3v) is 5.76. The Kier molecular flexibility index (Phi) is 5.86. The van der Waals surface area contributed by atoms with Crippen molar-refractivity contribution in [1.29, 1.82) is 0 Å². The first-order valence-corrected chi connectivity index (χ1v) is 10.3. The summed E-state index contributed by atoms with van der Waals surface area (Å²) in [5.41, 5.74) is 3.59. The fourth-order valence-electron chi connectivity index (χ4n) is 3.80. The molecular weight excluding hydrogens is 394 g/mol. The predicted octanol–water partition coefficient (Wildman–Crippen LogP) is 2.94. The molecule has 31 heavy (non-hydrogen) atoms. The topological polar surface area (TPSA) is 80.6 Å². The van der Waals surface area contributed by atoms with Gasteiger partial charge < -0.3 is 19.5 Å². The highest BCUT2D eigenvalue weighted by atomic mass is 16.5. The largest absolute Gasteiger partial charge is 0.378 e. The second-order valence-electron chi connectivity index (χ2n) is 7.71. The number of nitrogens with zero attached hydrogens (tertiary/aromatic N) is 2. The standard InChI is InChI=1S/C24H25N3O4/c1-16-6-5-8-20(17(16)2)25-24(30)23(29)19-14-27(21-9-4-3-7-18(19)21)15-22(28)26-10-12-31-13-11-26/h3-9,14H,10-13,15H2,1-2H3,(H,25,30). The van der Waals surface area contributed by atoms with E-state index in [1.165, 1.54) is 0 Å². The fraction of sp³-hybridized carbons (Fsp3) is 0.292. The fourth-order valence-corrected chi connectivity index (χ4v) is 3.80. The van der Waals surface area contributed by atoms with Gasteiger partial charge in [0.05, 0.1) is 18.8 Å². The molecule has 1 saturated heterocycles. The van der Waals surface area contributed by atoms with Gasteiger partial charge in [0.25, 0.3) is 11.7 Å². The first-order valence-electron chi connectivity index (χ1n) is 10.3. The van der Waals surface area contributed by atoms with Crippen LogP contribution in [0.15, 0.2) is 48.7 Å². The van der Waals surface area contributed by atoms with Crippen molar-refractivity contribution in [2.45, 2.75) is 20.4 Å². The molecule has 0 atom stereocenters. The number of aromatic nitrogens is 1. The van der Waals surface area contributed by atoms with Crippen LogP contribution in [-0.2, 0) is 20.9 Å². The molecule has 0 radical (unpaired) electrons. The molecule has 2 amide bonds. The maximum Gasteiger partial charge on any atom is 0.296 e. The summed E-state index contributed by atoms with van der Waals surface area (Å²) in [4.78, 5) is 40.2. The van der Waals surface area contributed by atoms with E-state index in [1.807, 2.05) is 44.2 Å². The van der Waals surface area contributed by atoms with Crippen molar-refractivity contribution in [3.63, 3.8) is 0 Å². The van der Waals surface area contributed by atoms with Crippen molar-refractivity contribution >= 4 is 34.2 Å². The summed E-state index contributed by atoms with van der Waals surface area (Å²) in [6.45, 7) is 6.13. The Balaban J connectivity index is 1.60. The molecule has 1 aliphatic heterocycles. The third-order valence-electron chi connectivity index (χ3n) is 5.76. The number of morpholine rings is 1.